The highest BCUT2D eigenvalue weighted by Gasteiger charge is 2.31. The van der Waals surface area contributed by atoms with Crippen LogP contribution in [0.25, 0.3) is 0 Å². The van der Waals surface area contributed by atoms with E-state index in [-0.39, 0.29) is 29.0 Å². The van der Waals surface area contributed by atoms with Crippen LogP contribution in [0.1, 0.15) is 16.1 Å². The van der Waals surface area contributed by atoms with Gasteiger partial charge in [0.2, 0.25) is 11.6 Å². The van der Waals surface area contributed by atoms with E-state index in [1.807, 2.05) is 0 Å². The molecule has 0 radical (unpaired) electrons. The quantitative estimate of drug-likeness (QED) is 0.391. The van der Waals surface area contributed by atoms with Gasteiger partial charge in [0.15, 0.2) is 5.76 Å². The molecule has 1 amide bonds. The molecule has 10 nitrogen and oxygen atoms in total. The molecule has 1 aliphatic rings. The first kappa shape index (κ1) is 22.8. The van der Waals surface area contributed by atoms with Crippen molar-refractivity contribution < 1.29 is 14.1 Å². The molecule has 1 fully saturated rings. The van der Waals surface area contributed by atoms with Crippen LogP contribution in [0.15, 0.2) is 47.3 Å². The lowest BCUT2D eigenvalue weighted by atomic mass is 10.1. The zero-order valence-corrected chi connectivity index (χ0v) is 18.9. The van der Waals surface area contributed by atoms with Crippen molar-refractivity contribution in [2.45, 2.75) is 6.42 Å². The molecule has 0 aliphatic carbocycles. The smallest absolute Gasteiger partial charge is 0.353 e. The Morgan fingerprint density at radius 3 is 2.48 bits per heavy atom. The zero-order chi connectivity index (χ0) is 23.4. The van der Waals surface area contributed by atoms with Gasteiger partial charge in [-0.2, -0.15) is 0 Å². The molecule has 1 aromatic carbocycles. The fourth-order valence-electron chi connectivity index (χ4n) is 3.65. The third kappa shape index (κ3) is 5.01. The van der Waals surface area contributed by atoms with Crippen LogP contribution in [0.4, 0.5) is 17.3 Å². The molecule has 0 bridgehead atoms. The van der Waals surface area contributed by atoms with Crippen LogP contribution in [-0.4, -0.2) is 58.4 Å². The largest absolute Gasteiger partial charge is 0.459 e. The molecule has 1 aliphatic heterocycles. The lowest BCUT2D eigenvalue weighted by Gasteiger charge is -2.34. The maximum Gasteiger partial charge on any atom is 0.353 e. The van der Waals surface area contributed by atoms with Gasteiger partial charge in [0.05, 0.1) is 11.2 Å². The highest BCUT2D eigenvalue weighted by molar-refractivity contribution is 6.36. The zero-order valence-electron chi connectivity index (χ0n) is 17.4. The highest BCUT2D eigenvalue weighted by Crippen LogP contribution is 2.33. The highest BCUT2D eigenvalue weighted by atomic mass is 35.5. The molecule has 0 atom stereocenters. The van der Waals surface area contributed by atoms with Crippen molar-refractivity contribution in [1.29, 1.82) is 0 Å². The van der Waals surface area contributed by atoms with E-state index in [1.54, 1.807) is 40.1 Å². The van der Waals surface area contributed by atoms with Crippen LogP contribution in [-0.2, 0) is 6.42 Å². The molecule has 0 saturated carbocycles. The van der Waals surface area contributed by atoms with Crippen LogP contribution in [0.5, 0.6) is 0 Å². The monoisotopic (exact) mass is 490 g/mol. The Balaban J connectivity index is 1.45. The molecule has 1 N–H and O–H groups in total. The minimum Gasteiger partial charge on any atom is -0.459 e. The summed E-state index contributed by atoms with van der Waals surface area (Å²) in [5.74, 6) is 0.375. The van der Waals surface area contributed by atoms with Gasteiger partial charge in [0, 0.05) is 42.8 Å². The second-order valence-corrected chi connectivity index (χ2v) is 8.10. The number of hydrogen-bond donors (Lipinski definition) is 1. The van der Waals surface area contributed by atoms with E-state index >= 15 is 0 Å². The second-order valence-electron chi connectivity index (χ2n) is 7.29. The van der Waals surface area contributed by atoms with E-state index in [4.69, 9.17) is 27.6 Å². The van der Waals surface area contributed by atoms with Crippen molar-refractivity contribution in [3.63, 3.8) is 0 Å². The number of halogens is 2. The van der Waals surface area contributed by atoms with Crippen LogP contribution >= 0.6 is 23.2 Å². The molecule has 2 aromatic heterocycles. The van der Waals surface area contributed by atoms with E-state index in [2.05, 4.69) is 15.3 Å². The molecule has 4 rings (SSSR count). The fraction of sp³-hybridized carbons (Fsp3) is 0.286. The van der Waals surface area contributed by atoms with Crippen molar-refractivity contribution in [1.82, 2.24) is 14.9 Å². The van der Waals surface area contributed by atoms with Crippen LogP contribution < -0.4 is 10.2 Å². The summed E-state index contributed by atoms with van der Waals surface area (Å²) in [4.78, 5) is 35.5. The molecule has 33 heavy (non-hydrogen) atoms. The minimum atomic E-state index is -0.499. The van der Waals surface area contributed by atoms with Crippen LogP contribution in [0.2, 0.25) is 10.0 Å². The number of anilines is 2. The molecule has 3 heterocycles. The summed E-state index contributed by atoms with van der Waals surface area (Å²) in [5, 5.41) is 16.0. The summed E-state index contributed by atoms with van der Waals surface area (Å²) in [6.45, 7) is 1.88. The van der Waals surface area contributed by atoms with E-state index < -0.39 is 4.92 Å². The minimum absolute atomic E-state index is 0.113. The number of carbonyl (C=O) groups excluding carboxylic acids is 1. The molecular weight excluding hydrogens is 471 g/mol. The van der Waals surface area contributed by atoms with Crippen molar-refractivity contribution >= 4 is 46.4 Å². The normalized spacial score (nSPS) is 13.8. The SMILES string of the molecule is O=C(c1ccco1)N1CCN(c2ncnc(NCCc3c(Cl)cccc3Cl)c2[N+](=O)[O-])CC1. The summed E-state index contributed by atoms with van der Waals surface area (Å²) in [6, 6.07) is 8.50. The number of carbonyl (C=O) groups is 1. The second kappa shape index (κ2) is 10.1. The number of amides is 1. The van der Waals surface area contributed by atoms with Crippen molar-refractivity contribution in [3.05, 3.63) is 74.4 Å². The maximum absolute atomic E-state index is 12.5. The number of hydrogen-bond acceptors (Lipinski definition) is 8. The standard InChI is InChI=1S/C21H20Cl2N6O4/c22-15-3-1-4-16(23)14(15)6-7-24-19-18(29(31)32)20(26-13-25-19)27-8-10-28(11-9-27)21(30)17-5-2-12-33-17/h1-5,12-13H,6-11H2,(H,24,25,26). The average molecular weight is 491 g/mol. The fourth-order valence-corrected chi connectivity index (χ4v) is 4.24. The third-order valence-corrected chi connectivity index (χ3v) is 6.02. The summed E-state index contributed by atoms with van der Waals surface area (Å²) >= 11 is 12.4. The molecule has 1 saturated heterocycles. The Labute approximate surface area is 199 Å². The number of nitrogens with zero attached hydrogens (tertiary/aromatic N) is 5. The first-order valence-corrected chi connectivity index (χ1v) is 10.9. The lowest BCUT2D eigenvalue weighted by Crippen LogP contribution is -2.49. The number of benzene rings is 1. The molecule has 0 spiro atoms. The van der Waals surface area contributed by atoms with Gasteiger partial charge >= 0.3 is 5.69 Å². The van der Waals surface area contributed by atoms with Crippen molar-refractivity contribution in [2.24, 2.45) is 0 Å². The van der Waals surface area contributed by atoms with E-state index in [9.17, 15) is 14.9 Å². The molecular formula is C21H20Cl2N6O4. The Hall–Kier alpha value is -3.37. The van der Waals surface area contributed by atoms with Crippen molar-refractivity contribution in [2.75, 3.05) is 42.9 Å². The molecule has 12 heteroatoms. The van der Waals surface area contributed by atoms with Gasteiger partial charge in [-0.05, 0) is 36.2 Å². The summed E-state index contributed by atoms with van der Waals surface area (Å²) in [7, 11) is 0. The third-order valence-electron chi connectivity index (χ3n) is 5.31. The van der Waals surface area contributed by atoms with Gasteiger partial charge in [-0.15, -0.1) is 0 Å². The van der Waals surface area contributed by atoms with Crippen LogP contribution in [0.3, 0.4) is 0 Å². The first-order chi connectivity index (χ1) is 16.0. The number of furan rings is 1. The number of piperazine rings is 1. The van der Waals surface area contributed by atoms with E-state index in [0.717, 1.165) is 5.56 Å². The lowest BCUT2D eigenvalue weighted by molar-refractivity contribution is -0.383. The Bertz CT molecular complexity index is 1130. The average Bonchev–Trinajstić information content (AvgIpc) is 3.35. The number of aromatic nitrogens is 2. The first-order valence-electron chi connectivity index (χ1n) is 10.2. The topological polar surface area (TPSA) is 118 Å². The molecule has 172 valence electrons. The van der Waals surface area contributed by atoms with Crippen LogP contribution in [0, 0.1) is 10.1 Å². The number of nitrogens with one attached hydrogen (secondary N) is 1. The Morgan fingerprint density at radius 2 is 1.85 bits per heavy atom. The molecule has 3 aromatic rings. The van der Waals surface area contributed by atoms with Gasteiger partial charge in [-0.1, -0.05) is 29.3 Å². The summed E-state index contributed by atoms with van der Waals surface area (Å²) in [6.07, 6.45) is 3.19. The van der Waals surface area contributed by atoms with E-state index in [1.165, 1.54) is 12.6 Å². The summed E-state index contributed by atoms with van der Waals surface area (Å²) in [5.41, 5.74) is 0.538. The predicted octanol–water partition coefficient (Wildman–Crippen LogP) is 3.90. The Morgan fingerprint density at radius 1 is 1.12 bits per heavy atom. The number of nitro groups is 1. The maximum atomic E-state index is 12.5. The van der Waals surface area contributed by atoms with E-state index in [0.29, 0.717) is 49.2 Å². The van der Waals surface area contributed by atoms with Gasteiger partial charge in [-0.3, -0.25) is 14.9 Å². The summed E-state index contributed by atoms with van der Waals surface area (Å²) < 4.78 is 5.17. The van der Waals surface area contributed by atoms with Gasteiger partial charge in [-0.25, -0.2) is 9.97 Å². The van der Waals surface area contributed by atoms with Gasteiger partial charge in [0.1, 0.15) is 6.33 Å². The predicted molar refractivity (Wildman–Crippen MR) is 124 cm³/mol. The van der Waals surface area contributed by atoms with Crippen molar-refractivity contribution in [3.8, 4) is 0 Å². The Kier molecular flexibility index (Phi) is 6.95. The van der Waals surface area contributed by atoms with Gasteiger partial charge in [0.25, 0.3) is 5.91 Å². The molecule has 0 unspecified atom stereocenters. The van der Waals surface area contributed by atoms with Gasteiger partial charge < -0.3 is 19.5 Å². The number of rotatable bonds is 7.